The molecule has 2 heterocycles. The molecule has 0 fully saturated rings. The minimum absolute atomic E-state index is 0.0955. The van der Waals surface area contributed by atoms with Crippen LogP contribution in [0.15, 0.2) is 48.7 Å². The molecule has 2 aromatic heterocycles. The summed E-state index contributed by atoms with van der Waals surface area (Å²) >= 11 is 6.16. The quantitative estimate of drug-likeness (QED) is 0.251. The maximum atomic E-state index is 12.5. The first-order valence-corrected chi connectivity index (χ1v) is 12.6. The molecule has 0 spiro atoms. The molecule has 9 heteroatoms. The van der Waals surface area contributed by atoms with Crippen LogP contribution in [0, 0.1) is 6.92 Å². The summed E-state index contributed by atoms with van der Waals surface area (Å²) in [5.41, 5.74) is 5.38. The van der Waals surface area contributed by atoms with E-state index in [9.17, 15) is 15.0 Å². The lowest BCUT2D eigenvalue weighted by atomic mass is 10.0. The monoisotopic (exact) mass is 521 g/mol. The number of carbonyl (C=O) groups excluding carboxylic acids is 1. The van der Waals surface area contributed by atoms with Gasteiger partial charge >= 0.3 is 0 Å². The first kappa shape index (κ1) is 26.6. The minimum Gasteiger partial charge on any atom is -0.392 e. The zero-order valence-corrected chi connectivity index (χ0v) is 22.2. The third kappa shape index (κ3) is 5.93. The predicted octanol–water partition coefficient (Wildman–Crippen LogP) is 4.84. The number of amides is 1. The molecule has 0 saturated heterocycles. The normalized spacial score (nSPS) is 11.6. The van der Waals surface area contributed by atoms with Crippen molar-refractivity contribution >= 4 is 28.8 Å². The van der Waals surface area contributed by atoms with Crippen molar-refractivity contribution in [2.75, 3.05) is 18.4 Å². The van der Waals surface area contributed by atoms with Gasteiger partial charge in [-0.25, -0.2) is 9.50 Å². The van der Waals surface area contributed by atoms with Crippen LogP contribution in [0.5, 0.6) is 0 Å². The Bertz CT molecular complexity index is 1440. The Labute approximate surface area is 221 Å². The van der Waals surface area contributed by atoms with Gasteiger partial charge in [0.15, 0.2) is 5.65 Å². The summed E-state index contributed by atoms with van der Waals surface area (Å²) in [4.78, 5) is 17.1. The molecule has 2 aromatic carbocycles. The first-order valence-electron chi connectivity index (χ1n) is 12.2. The van der Waals surface area contributed by atoms with E-state index in [2.05, 4.69) is 15.6 Å². The van der Waals surface area contributed by atoms with Crippen molar-refractivity contribution in [2.24, 2.45) is 0 Å². The van der Waals surface area contributed by atoms with Gasteiger partial charge in [0.2, 0.25) is 0 Å². The number of aliphatic hydroxyl groups excluding tert-OH is 1. The van der Waals surface area contributed by atoms with E-state index in [0.717, 1.165) is 28.8 Å². The van der Waals surface area contributed by atoms with Crippen molar-refractivity contribution in [2.45, 2.75) is 46.3 Å². The van der Waals surface area contributed by atoms with Crippen molar-refractivity contribution in [3.63, 3.8) is 0 Å². The maximum absolute atomic E-state index is 12.5. The Morgan fingerprint density at radius 2 is 1.95 bits per heavy atom. The van der Waals surface area contributed by atoms with Gasteiger partial charge in [0.1, 0.15) is 0 Å². The Hall–Kier alpha value is -3.46. The van der Waals surface area contributed by atoms with E-state index in [4.69, 9.17) is 16.7 Å². The average Bonchev–Trinajstić information content (AvgIpc) is 3.29. The molecule has 4 N–H and O–H groups in total. The Morgan fingerprint density at radius 1 is 1.16 bits per heavy atom. The number of fused-ring (bicyclic) bond motifs is 1. The topological polar surface area (TPSA) is 112 Å². The molecule has 8 nitrogen and oxygen atoms in total. The molecule has 4 rings (SSSR count). The van der Waals surface area contributed by atoms with Crippen LogP contribution in [0.2, 0.25) is 5.02 Å². The summed E-state index contributed by atoms with van der Waals surface area (Å²) in [7, 11) is 0. The van der Waals surface area contributed by atoms with Crippen molar-refractivity contribution in [3.05, 3.63) is 70.4 Å². The van der Waals surface area contributed by atoms with Crippen molar-refractivity contribution in [1.29, 1.82) is 0 Å². The molecule has 1 amide bonds. The summed E-state index contributed by atoms with van der Waals surface area (Å²) in [5, 5.41) is 31.9. The van der Waals surface area contributed by atoms with Gasteiger partial charge in [-0.15, -0.1) is 0 Å². The zero-order chi connectivity index (χ0) is 26.7. The fourth-order valence-corrected chi connectivity index (χ4v) is 4.29. The number of anilines is 1. The number of halogens is 1. The highest BCUT2D eigenvalue weighted by Crippen LogP contribution is 2.31. The van der Waals surface area contributed by atoms with Crippen molar-refractivity contribution in [1.82, 2.24) is 19.9 Å². The molecule has 37 heavy (non-hydrogen) atoms. The second kappa shape index (κ2) is 10.9. The number of benzene rings is 2. The molecule has 0 atom stereocenters. The average molecular weight is 522 g/mol. The van der Waals surface area contributed by atoms with E-state index in [0.29, 0.717) is 46.3 Å². The molecule has 0 bridgehead atoms. The summed E-state index contributed by atoms with van der Waals surface area (Å²) in [6.45, 7) is 8.09. The summed E-state index contributed by atoms with van der Waals surface area (Å²) in [6, 6.07) is 12.8. The molecule has 0 unspecified atom stereocenters. The predicted molar refractivity (Wildman–Crippen MR) is 147 cm³/mol. The van der Waals surface area contributed by atoms with Gasteiger partial charge in [0.05, 0.1) is 35.5 Å². The lowest BCUT2D eigenvalue weighted by Crippen LogP contribution is -2.29. The number of aliphatic hydroxyl groups is 2. The fraction of sp³-hybridized carbons (Fsp3) is 0.321. The highest BCUT2D eigenvalue weighted by Gasteiger charge is 2.19. The molecule has 0 aliphatic rings. The van der Waals surface area contributed by atoms with Crippen molar-refractivity contribution in [3.8, 4) is 22.5 Å². The van der Waals surface area contributed by atoms with Crippen LogP contribution >= 0.6 is 11.6 Å². The standard InChI is InChI=1S/C28H32ClN5O3/c1-5-10-30-27(36)21-8-6-18(11-17(21)2)25-14-31-26-24(32-16-28(3,4)37)13-23(33-34(25)26)22-9-7-20(29)12-19(22)15-35/h6-9,11-14,32,35,37H,5,10,15-16H2,1-4H3,(H,30,36). The molecular formula is C28H32ClN5O3. The van der Waals surface area contributed by atoms with Gasteiger partial charge in [-0.05, 0) is 68.7 Å². The first-order chi connectivity index (χ1) is 17.6. The number of hydrogen-bond donors (Lipinski definition) is 4. The SMILES string of the molecule is CCCNC(=O)c1ccc(-c2cnc3c(NCC(C)(C)O)cc(-c4ccc(Cl)cc4CO)nn23)cc1C. The van der Waals surface area contributed by atoms with Gasteiger partial charge in [-0.2, -0.15) is 5.10 Å². The summed E-state index contributed by atoms with van der Waals surface area (Å²) in [5.74, 6) is -0.0955. The number of nitrogens with zero attached hydrogens (tertiary/aromatic N) is 3. The third-order valence-electron chi connectivity index (χ3n) is 6.00. The van der Waals surface area contributed by atoms with Gasteiger partial charge in [0.25, 0.3) is 5.91 Å². The maximum Gasteiger partial charge on any atom is 0.251 e. The lowest BCUT2D eigenvalue weighted by molar-refractivity contribution is 0.0941. The van der Waals surface area contributed by atoms with Crippen LogP contribution in [0.1, 0.15) is 48.7 Å². The molecule has 0 aliphatic carbocycles. The van der Waals surface area contributed by atoms with Gasteiger partial charge < -0.3 is 20.8 Å². The second-order valence-electron chi connectivity index (χ2n) is 9.73. The largest absolute Gasteiger partial charge is 0.392 e. The highest BCUT2D eigenvalue weighted by molar-refractivity contribution is 6.30. The molecule has 0 radical (unpaired) electrons. The van der Waals surface area contributed by atoms with Gasteiger partial charge in [0, 0.05) is 34.8 Å². The molecular weight excluding hydrogens is 490 g/mol. The van der Waals surface area contributed by atoms with Crippen LogP contribution in [0.25, 0.3) is 28.2 Å². The second-order valence-corrected chi connectivity index (χ2v) is 10.2. The number of rotatable bonds is 9. The number of aromatic nitrogens is 3. The van der Waals surface area contributed by atoms with Crippen LogP contribution < -0.4 is 10.6 Å². The molecule has 0 aliphatic heterocycles. The van der Waals surface area contributed by atoms with E-state index in [-0.39, 0.29) is 12.5 Å². The highest BCUT2D eigenvalue weighted by atomic mass is 35.5. The third-order valence-corrected chi connectivity index (χ3v) is 6.23. The zero-order valence-electron chi connectivity index (χ0n) is 21.5. The minimum atomic E-state index is -0.947. The fourth-order valence-electron chi connectivity index (χ4n) is 4.09. The van der Waals surface area contributed by atoms with E-state index < -0.39 is 5.60 Å². The van der Waals surface area contributed by atoms with Gasteiger partial charge in [-0.3, -0.25) is 4.79 Å². The smallest absolute Gasteiger partial charge is 0.251 e. The van der Waals surface area contributed by atoms with Gasteiger partial charge in [-0.1, -0.05) is 30.7 Å². The van der Waals surface area contributed by atoms with E-state index in [1.165, 1.54) is 0 Å². The molecule has 194 valence electrons. The number of hydrogen-bond acceptors (Lipinski definition) is 6. The lowest BCUT2D eigenvalue weighted by Gasteiger charge is -2.19. The number of carbonyl (C=O) groups is 1. The van der Waals surface area contributed by atoms with E-state index in [1.807, 2.05) is 44.2 Å². The Kier molecular flexibility index (Phi) is 7.82. The molecule has 4 aromatic rings. The number of aryl methyl sites for hydroxylation is 1. The Balaban J connectivity index is 1.85. The van der Waals surface area contributed by atoms with E-state index in [1.54, 1.807) is 36.7 Å². The van der Waals surface area contributed by atoms with Crippen LogP contribution in [0.3, 0.4) is 0 Å². The summed E-state index contributed by atoms with van der Waals surface area (Å²) < 4.78 is 1.74. The Morgan fingerprint density at radius 3 is 2.62 bits per heavy atom. The number of nitrogens with one attached hydrogen (secondary N) is 2. The summed E-state index contributed by atoms with van der Waals surface area (Å²) in [6.07, 6.45) is 2.61. The van der Waals surface area contributed by atoms with Crippen LogP contribution in [0.4, 0.5) is 5.69 Å². The van der Waals surface area contributed by atoms with Crippen LogP contribution in [-0.2, 0) is 6.61 Å². The van der Waals surface area contributed by atoms with E-state index >= 15 is 0 Å². The number of imidazole rings is 1. The van der Waals surface area contributed by atoms with Crippen molar-refractivity contribution < 1.29 is 15.0 Å². The van der Waals surface area contributed by atoms with Crippen LogP contribution in [-0.4, -0.2) is 49.4 Å². The molecule has 0 saturated carbocycles.